The third kappa shape index (κ3) is 2.78. The molecule has 6 heteroatoms. The van der Waals surface area contributed by atoms with Gasteiger partial charge in [0.15, 0.2) is 17.3 Å². The Labute approximate surface area is 163 Å². The van der Waals surface area contributed by atoms with Crippen LogP contribution in [0.5, 0.6) is 17.2 Å². The van der Waals surface area contributed by atoms with Crippen LogP contribution in [0.4, 0.5) is 4.39 Å². The van der Waals surface area contributed by atoms with Crippen LogP contribution < -0.4 is 14.2 Å². The van der Waals surface area contributed by atoms with Gasteiger partial charge in [-0.15, -0.1) is 0 Å². The van der Waals surface area contributed by atoms with Crippen molar-refractivity contribution in [1.29, 1.82) is 5.26 Å². The van der Waals surface area contributed by atoms with Crippen molar-refractivity contribution in [2.75, 3.05) is 21.3 Å². The van der Waals surface area contributed by atoms with Crippen LogP contribution >= 0.6 is 0 Å². The van der Waals surface area contributed by atoms with Crippen LogP contribution in [0.3, 0.4) is 0 Å². The van der Waals surface area contributed by atoms with Crippen molar-refractivity contribution in [3.05, 3.63) is 52.8 Å². The number of halogens is 1. The topological polar surface area (TPSA) is 68.6 Å². The van der Waals surface area contributed by atoms with Gasteiger partial charge >= 0.3 is 0 Å². The average molecular weight is 383 g/mol. The molecule has 146 valence electrons. The Morgan fingerprint density at radius 1 is 1.18 bits per heavy atom. The first-order chi connectivity index (χ1) is 13.4. The SMILES string of the molecule is COc1cc2c(c(OC)c1OC)CCC(c1cccc(F)c1)C2(C#N)C(C)=O. The molecule has 2 unspecified atom stereocenters. The molecule has 0 aromatic heterocycles. The molecular weight excluding hydrogens is 361 g/mol. The summed E-state index contributed by atoms with van der Waals surface area (Å²) in [6.07, 6.45) is 1.05. The summed E-state index contributed by atoms with van der Waals surface area (Å²) in [5, 5.41) is 10.2. The number of benzene rings is 2. The fraction of sp³-hybridized carbons (Fsp3) is 0.364. The van der Waals surface area contributed by atoms with E-state index in [1.807, 2.05) is 0 Å². The van der Waals surface area contributed by atoms with Gasteiger partial charge in [-0.25, -0.2) is 4.39 Å². The van der Waals surface area contributed by atoms with Gasteiger partial charge in [0.25, 0.3) is 0 Å². The van der Waals surface area contributed by atoms with Crippen LogP contribution in [-0.4, -0.2) is 27.1 Å². The number of rotatable bonds is 5. The molecule has 0 fully saturated rings. The van der Waals surface area contributed by atoms with Crippen molar-refractivity contribution >= 4 is 5.78 Å². The summed E-state index contributed by atoms with van der Waals surface area (Å²) >= 11 is 0. The summed E-state index contributed by atoms with van der Waals surface area (Å²) in [6.45, 7) is 1.40. The molecule has 1 aliphatic rings. The lowest BCUT2D eigenvalue weighted by atomic mass is 9.60. The number of Topliss-reactive ketones (excluding diaryl/α,β-unsaturated/α-hetero) is 1. The number of ketones is 1. The summed E-state index contributed by atoms with van der Waals surface area (Å²) in [6, 6.07) is 10.0. The number of hydrogen-bond donors (Lipinski definition) is 0. The molecule has 3 rings (SSSR count). The number of fused-ring (bicyclic) bond motifs is 1. The van der Waals surface area contributed by atoms with Gasteiger partial charge in [-0.3, -0.25) is 4.79 Å². The van der Waals surface area contributed by atoms with Gasteiger partial charge < -0.3 is 14.2 Å². The van der Waals surface area contributed by atoms with E-state index < -0.39 is 17.2 Å². The fourth-order valence-electron chi connectivity index (χ4n) is 4.30. The Balaban J connectivity index is 2.35. The van der Waals surface area contributed by atoms with E-state index in [0.29, 0.717) is 41.2 Å². The normalized spacial score (nSPS) is 20.6. The number of ether oxygens (including phenoxy) is 3. The Morgan fingerprint density at radius 3 is 2.43 bits per heavy atom. The second kappa shape index (κ2) is 7.51. The second-order valence-corrected chi connectivity index (χ2v) is 6.79. The lowest BCUT2D eigenvalue weighted by molar-refractivity contribution is -0.121. The molecule has 2 aromatic rings. The number of nitrogens with zero attached hydrogens (tertiary/aromatic N) is 1. The van der Waals surface area contributed by atoms with E-state index in [-0.39, 0.29) is 5.78 Å². The first-order valence-electron chi connectivity index (χ1n) is 8.94. The highest BCUT2D eigenvalue weighted by molar-refractivity contribution is 5.94. The highest BCUT2D eigenvalue weighted by Gasteiger charge is 2.51. The molecule has 0 radical (unpaired) electrons. The molecule has 0 saturated heterocycles. The Kier molecular flexibility index (Phi) is 5.28. The molecule has 28 heavy (non-hydrogen) atoms. The van der Waals surface area contributed by atoms with Crippen LogP contribution in [0.2, 0.25) is 0 Å². The van der Waals surface area contributed by atoms with E-state index in [2.05, 4.69) is 6.07 Å². The van der Waals surface area contributed by atoms with Crippen molar-refractivity contribution in [1.82, 2.24) is 0 Å². The molecule has 0 saturated carbocycles. The minimum absolute atomic E-state index is 0.306. The Bertz CT molecular complexity index is 966. The predicted octanol–water partition coefficient (Wildman–Crippen LogP) is 3.93. The minimum atomic E-state index is -1.48. The van der Waals surface area contributed by atoms with Gasteiger partial charge in [-0.2, -0.15) is 5.26 Å². The summed E-state index contributed by atoms with van der Waals surface area (Å²) in [7, 11) is 4.50. The fourth-order valence-corrected chi connectivity index (χ4v) is 4.30. The third-order valence-corrected chi connectivity index (χ3v) is 5.55. The van der Waals surface area contributed by atoms with Gasteiger partial charge in [0, 0.05) is 11.5 Å². The van der Waals surface area contributed by atoms with Gasteiger partial charge in [0.05, 0.1) is 27.4 Å². The van der Waals surface area contributed by atoms with E-state index in [9.17, 15) is 14.4 Å². The molecule has 2 aromatic carbocycles. The summed E-state index contributed by atoms with van der Waals surface area (Å²) < 4.78 is 30.3. The number of nitriles is 1. The maximum absolute atomic E-state index is 13.9. The monoisotopic (exact) mass is 383 g/mol. The summed E-state index contributed by atoms with van der Waals surface area (Å²) in [5.41, 5.74) is 0.409. The van der Waals surface area contributed by atoms with E-state index in [4.69, 9.17) is 14.2 Å². The molecule has 0 amide bonds. The first kappa shape index (κ1) is 19.7. The largest absolute Gasteiger partial charge is 0.493 e. The average Bonchev–Trinajstić information content (AvgIpc) is 2.70. The van der Waals surface area contributed by atoms with Crippen LogP contribution in [0.15, 0.2) is 30.3 Å². The molecule has 1 aliphatic carbocycles. The maximum Gasteiger partial charge on any atom is 0.203 e. The first-order valence-corrected chi connectivity index (χ1v) is 8.94. The highest BCUT2D eigenvalue weighted by atomic mass is 19.1. The van der Waals surface area contributed by atoms with Crippen LogP contribution in [-0.2, 0) is 16.6 Å². The van der Waals surface area contributed by atoms with Crippen molar-refractivity contribution in [3.63, 3.8) is 0 Å². The molecular formula is C22H22FNO4. The lowest BCUT2D eigenvalue weighted by Crippen LogP contribution is -2.43. The Morgan fingerprint density at radius 2 is 1.89 bits per heavy atom. The van der Waals surface area contributed by atoms with Gasteiger partial charge in [0.1, 0.15) is 11.2 Å². The maximum atomic E-state index is 13.9. The minimum Gasteiger partial charge on any atom is -0.493 e. The quantitative estimate of drug-likeness (QED) is 0.782. The van der Waals surface area contributed by atoms with Crippen molar-refractivity contribution in [3.8, 4) is 23.3 Å². The van der Waals surface area contributed by atoms with Gasteiger partial charge in [-0.1, -0.05) is 12.1 Å². The number of hydrogen-bond acceptors (Lipinski definition) is 5. The molecule has 0 heterocycles. The lowest BCUT2D eigenvalue weighted by Gasteiger charge is -2.40. The standard InChI is InChI=1S/C22H22FNO4/c1-13(25)22(12-24)17(14-6-5-7-15(23)10-14)9-8-16-18(22)11-19(26-2)21(28-4)20(16)27-3/h5-7,10-11,17H,8-9H2,1-4H3. The van der Waals surface area contributed by atoms with Crippen molar-refractivity contribution < 1.29 is 23.4 Å². The zero-order valence-electron chi connectivity index (χ0n) is 16.3. The summed E-state index contributed by atoms with van der Waals surface area (Å²) in [4.78, 5) is 12.9. The number of methoxy groups -OCH3 is 3. The summed E-state index contributed by atoms with van der Waals surface area (Å²) in [5.74, 6) is 0.0571. The zero-order chi connectivity index (χ0) is 20.5. The second-order valence-electron chi connectivity index (χ2n) is 6.79. The molecule has 5 nitrogen and oxygen atoms in total. The number of carbonyl (C=O) groups excluding carboxylic acids is 1. The zero-order valence-corrected chi connectivity index (χ0v) is 16.3. The predicted molar refractivity (Wildman–Crippen MR) is 102 cm³/mol. The number of carbonyl (C=O) groups is 1. The van der Waals surface area contributed by atoms with Crippen LogP contribution in [0, 0.1) is 17.1 Å². The highest BCUT2D eigenvalue weighted by Crippen LogP contribution is 2.54. The van der Waals surface area contributed by atoms with Gasteiger partial charge in [0.2, 0.25) is 5.75 Å². The van der Waals surface area contributed by atoms with Crippen LogP contribution in [0.25, 0.3) is 0 Å². The molecule has 0 bridgehead atoms. The van der Waals surface area contributed by atoms with E-state index in [0.717, 1.165) is 5.56 Å². The molecule has 0 spiro atoms. The van der Waals surface area contributed by atoms with Crippen molar-refractivity contribution in [2.24, 2.45) is 0 Å². The van der Waals surface area contributed by atoms with Crippen LogP contribution in [0.1, 0.15) is 36.0 Å². The van der Waals surface area contributed by atoms with E-state index >= 15 is 0 Å². The molecule has 0 aliphatic heterocycles. The van der Waals surface area contributed by atoms with E-state index in [1.54, 1.807) is 18.2 Å². The van der Waals surface area contributed by atoms with E-state index in [1.165, 1.54) is 40.4 Å². The molecule has 0 N–H and O–H groups in total. The Hall–Kier alpha value is -3.07. The molecule has 2 atom stereocenters. The van der Waals surface area contributed by atoms with Gasteiger partial charge in [-0.05, 0) is 49.1 Å². The smallest absolute Gasteiger partial charge is 0.203 e. The van der Waals surface area contributed by atoms with Crippen molar-refractivity contribution in [2.45, 2.75) is 31.1 Å². The third-order valence-electron chi connectivity index (χ3n) is 5.55.